The van der Waals surface area contributed by atoms with Crippen molar-refractivity contribution < 1.29 is 61.9 Å². The Morgan fingerprint density at radius 1 is 0.638 bits per heavy atom. The van der Waals surface area contributed by atoms with Gasteiger partial charge in [0, 0.05) is 17.8 Å². The summed E-state index contributed by atoms with van der Waals surface area (Å²) in [6.45, 7) is 10.2. The van der Waals surface area contributed by atoms with Crippen molar-refractivity contribution in [3.8, 4) is 28.7 Å². The Morgan fingerprint density at radius 2 is 1.02 bits per heavy atom. The summed E-state index contributed by atoms with van der Waals surface area (Å²) in [4.78, 5) is 65.3. The number of azide groups is 1. The minimum Gasteiger partial charge on any atom is -0.490 e. The monoisotopic (exact) mass is 807 g/mol. The van der Waals surface area contributed by atoms with E-state index in [9.17, 15) is 29.5 Å². The van der Waals surface area contributed by atoms with Crippen LogP contribution in [0.3, 0.4) is 0 Å². The first kappa shape index (κ1) is 45.7. The Kier molecular flexibility index (Phi) is 16.1. The predicted molar refractivity (Wildman–Crippen MR) is 208 cm³/mol. The molecule has 0 heterocycles. The van der Waals surface area contributed by atoms with Gasteiger partial charge in [-0.1, -0.05) is 29.4 Å². The minimum absolute atomic E-state index is 0.0644. The number of nitrogens with one attached hydrogen (secondary N) is 2. The molecule has 0 saturated carbocycles. The third-order valence-corrected chi connectivity index (χ3v) is 7.69. The molecule has 3 aromatic rings. The summed E-state index contributed by atoms with van der Waals surface area (Å²) in [5, 5.41) is 8.68. The third-order valence-electron chi connectivity index (χ3n) is 7.69. The summed E-state index contributed by atoms with van der Waals surface area (Å²) in [6, 6.07) is 12.4. The number of ether oxygens (including phenoxy) is 8. The summed E-state index contributed by atoms with van der Waals surface area (Å²) in [5.41, 5.74) is 9.13. The molecule has 3 aromatic carbocycles. The summed E-state index contributed by atoms with van der Waals surface area (Å²) in [6.07, 6.45) is -1.43. The summed E-state index contributed by atoms with van der Waals surface area (Å²) >= 11 is 0. The molecule has 18 nitrogen and oxygen atoms in total. The van der Waals surface area contributed by atoms with Gasteiger partial charge in [0.1, 0.15) is 34.8 Å². The molecule has 18 heteroatoms. The molecule has 0 saturated heterocycles. The summed E-state index contributed by atoms with van der Waals surface area (Å²) < 4.78 is 43.3. The average Bonchev–Trinajstić information content (AvgIpc) is 3.15. The number of rotatable bonds is 16. The Labute approximate surface area is 336 Å². The number of amides is 2. The van der Waals surface area contributed by atoms with Crippen LogP contribution in [-0.2, 0) is 50.9 Å². The van der Waals surface area contributed by atoms with Crippen molar-refractivity contribution in [2.45, 2.75) is 83.7 Å². The van der Waals surface area contributed by atoms with E-state index in [-0.39, 0.29) is 35.7 Å². The van der Waals surface area contributed by atoms with E-state index in [1.54, 1.807) is 90.1 Å². The van der Waals surface area contributed by atoms with Crippen LogP contribution in [0.25, 0.3) is 10.4 Å². The van der Waals surface area contributed by atoms with Crippen LogP contribution in [-0.4, -0.2) is 81.8 Å². The van der Waals surface area contributed by atoms with Gasteiger partial charge in [-0.05, 0) is 100 Å². The number of nitrogens with zero attached hydrogens (tertiary/aromatic N) is 3. The van der Waals surface area contributed by atoms with Crippen LogP contribution in [0.1, 0.15) is 64.3 Å². The number of esters is 3. The summed E-state index contributed by atoms with van der Waals surface area (Å²) in [5.74, 6) is -1.38. The van der Waals surface area contributed by atoms with Crippen molar-refractivity contribution in [2.75, 3.05) is 28.4 Å². The number of hydrogen-bond acceptors (Lipinski definition) is 14. The van der Waals surface area contributed by atoms with Crippen LogP contribution in [0.15, 0.2) is 65.8 Å². The van der Waals surface area contributed by atoms with Gasteiger partial charge in [-0.2, -0.15) is 0 Å². The highest BCUT2D eigenvalue weighted by Gasteiger charge is 2.28. The smallest absolute Gasteiger partial charge is 0.408 e. The molecule has 0 unspecified atom stereocenters. The largest absolute Gasteiger partial charge is 0.490 e. The average molecular weight is 808 g/mol. The van der Waals surface area contributed by atoms with E-state index in [0.717, 1.165) is 7.11 Å². The molecule has 3 rings (SSSR count). The first-order chi connectivity index (χ1) is 27.3. The third kappa shape index (κ3) is 14.1. The number of methoxy groups -OCH3 is 4. The highest BCUT2D eigenvalue weighted by Crippen LogP contribution is 2.44. The molecule has 2 N–H and O–H groups in total. The fourth-order valence-corrected chi connectivity index (χ4v) is 5.20. The second kappa shape index (κ2) is 20.5. The van der Waals surface area contributed by atoms with Crippen molar-refractivity contribution >= 4 is 30.1 Å². The van der Waals surface area contributed by atoms with Gasteiger partial charge in [-0.25, -0.2) is 19.2 Å². The molecule has 0 bridgehead atoms. The topological polar surface area (TPSA) is 232 Å². The van der Waals surface area contributed by atoms with Gasteiger partial charge in [0.15, 0.2) is 17.5 Å². The zero-order chi connectivity index (χ0) is 43.2. The first-order valence-electron chi connectivity index (χ1n) is 17.8. The van der Waals surface area contributed by atoms with Gasteiger partial charge < -0.3 is 48.5 Å². The van der Waals surface area contributed by atoms with Gasteiger partial charge in [-0.3, -0.25) is 4.79 Å². The van der Waals surface area contributed by atoms with Crippen LogP contribution >= 0.6 is 0 Å². The molecule has 58 heavy (non-hydrogen) atoms. The lowest BCUT2D eigenvalue weighted by Crippen LogP contribution is -2.45. The lowest BCUT2D eigenvalue weighted by molar-refractivity contribution is -0.143. The normalized spacial score (nSPS) is 12.6. The van der Waals surface area contributed by atoms with E-state index < -0.39 is 59.4 Å². The van der Waals surface area contributed by atoms with E-state index in [0.29, 0.717) is 22.6 Å². The highest BCUT2D eigenvalue weighted by molar-refractivity contribution is 5.82. The number of carbonyl (C=O) groups is 5. The molecule has 0 aliphatic carbocycles. The Balaban J connectivity index is 1.94. The molecule has 0 spiro atoms. The van der Waals surface area contributed by atoms with Crippen molar-refractivity contribution in [1.29, 1.82) is 0 Å². The molecule has 0 aliphatic rings. The standard InChI is InChI=1S/C40H49N5O13/c1-39(2,3)57-37(49)42-28(34(46)52-8)19-23-11-15-26(16-12-23)55-30-21-25(32(44-45-41)36(48)54-10)22-31(33(30)51-7)56-27-17-13-24(14-18-27)20-29(35(47)53-9)43-38(50)58-40(4,5)6/h11-18,21-22,28-29,32H,19-20H2,1-10H3,(H,42,49)(H,43,50)/t28-,29-,32+/m0/s1. The van der Waals surface area contributed by atoms with Crippen LogP contribution < -0.4 is 24.8 Å². The van der Waals surface area contributed by atoms with Crippen LogP contribution in [0, 0.1) is 0 Å². The van der Waals surface area contributed by atoms with E-state index in [4.69, 9.17) is 37.9 Å². The summed E-state index contributed by atoms with van der Waals surface area (Å²) in [7, 11) is 4.94. The predicted octanol–water partition coefficient (Wildman–Crippen LogP) is 7.02. The van der Waals surface area contributed by atoms with Crippen molar-refractivity contribution in [3.05, 3.63) is 87.8 Å². The Hall–Kier alpha value is -6.68. The fraction of sp³-hybridized carbons (Fsp3) is 0.425. The second-order valence-electron chi connectivity index (χ2n) is 14.5. The maximum absolute atomic E-state index is 12.7. The SMILES string of the molecule is COC(=O)[C@H](Cc1ccc(Oc2cc([C@@H](N=[N+]=[N-])C(=O)OC)cc(Oc3ccc(C[C@H](NC(=O)OC(C)(C)C)C(=O)OC)cc3)c2OC)cc1)NC(=O)OC(C)(C)C. The lowest BCUT2D eigenvalue weighted by Gasteiger charge is -2.22. The molecule has 0 fully saturated rings. The number of hydrogen-bond donors (Lipinski definition) is 2. The van der Waals surface area contributed by atoms with Gasteiger partial charge in [0.2, 0.25) is 5.75 Å². The fourth-order valence-electron chi connectivity index (χ4n) is 5.20. The molecule has 0 aromatic heterocycles. The van der Waals surface area contributed by atoms with Crippen molar-refractivity contribution in [1.82, 2.24) is 10.6 Å². The van der Waals surface area contributed by atoms with Crippen LogP contribution in [0.2, 0.25) is 0 Å². The highest BCUT2D eigenvalue weighted by atomic mass is 16.6. The zero-order valence-electron chi connectivity index (χ0n) is 34.1. The van der Waals surface area contributed by atoms with E-state index in [1.807, 2.05) is 0 Å². The molecular weight excluding hydrogens is 758 g/mol. The number of carbonyl (C=O) groups excluding carboxylic acids is 5. The van der Waals surface area contributed by atoms with Crippen molar-refractivity contribution in [3.63, 3.8) is 0 Å². The van der Waals surface area contributed by atoms with Crippen LogP contribution in [0.5, 0.6) is 28.7 Å². The van der Waals surface area contributed by atoms with Gasteiger partial charge in [0.25, 0.3) is 0 Å². The second-order valence-corrected chi connectivity index (χ2v) is 14.5. The maximum Gasteiger partial charge on any atom is 0.408 e. The van der Waals surface area contributed by atoms with Gasteiger partial charge >= 0.3 is 30.1 Å². The van der Waals surface area contributed by atoms with E-state index >= 15 is 0 Å². The van der Waals surface area contributed by atoms with Crippen molar-refractivity contribution in [2.24, 2.45) is 5.11 Å². The first-order valence-corrected chi connectivity index (χ1v) is 17.8. The molecule has 2 amide bonds. The number of benzene rings is 3. The van der Waals surface area contributed by atoms with E-state index in [1.165, 1.54) is 33.5 Å². The molecule has 0 aliphatic heterocycles. The Morgan fingerprint density at radius 3 is 1.33 bits per heavy atom. The van der Waals surface area contributed by atoms with Gasteiger partial charge in [-0.15, -0.1) is 0 Å². The minimum atomic E-state index is -1.43. The lowest BCUT2D eigenvalue weighted by atomic mass is 10.1. The zero-order valence-corrected chi connectivity index (χ0v) is 34.1. The van der Waals surface area contributed by atoms with Crippen LogP contribution in [0.4, 0.5) is 9.59 Å². The molecule has 0 radical (unpaired) electrons. The molecular formula is C40H49N5O13. The molecule has 312 valence electrons. The Bertz CT molecular complexity index is 1850. The number of alkyl carbamates (subject to hydrolysis) is 2. The maximum atomic E-state index is 12.7. The quantitative estimate of drug-likeness (QED) is 0.0488. The molecule has 3 atom stereocenters. The van der Waals surface area contributed by atoms with Gasteiger partial charge in [0.05, 0.1) is 28.4 Å². The van der Waals surface area contributed by atoms with E-state index in [2.05, 4.69) is 20.7 Å².